The van der Waals surface area contributed by atoms with Gasteiger partial charge in [-0.3, -0.25) is 4.79 Å². The standard InChI is InChI=1S/C11H18N2O/c1-8-6-12-7-10(8)11(14)13-9-4-2-3-5-9/h2-3,8-10,12H,4-7H2,1H3,(H,13,14). The third-order valence-corrected chi connectivity index (χ3v) is 3.21. The molecule has 0 bridgehead atoms. The molecule has 2 unspecified atom stereocenters. The van der Waals surface area contributed by atoms with E-state index in [1.807, 2.05) is 0 Å². The van der Waals surface area contributed by atoms with Crippen LogP contribution >= 0.6 is 0 Å². The Morgan fingerprint density at radius 1 is 1.36 bits per heavy atom. The molecule has 0 aromatic rings. The summed E-state index contributed by atoms with van der Waals surface area (Å²) in [5.74, 6) is 0.885. The Balaban J connectivity index is 1.82. The van der Waals surface area contributed by atoms with Gasteiger partial charge in [-0.1, -0.05) is 19.1 Å². The van der Waals surface area contributed by atoms with Crippen molar-refractivity contribution < 1.29 is 4.79 Å². The zero-order chi connectivity index (χ0) is 9.97. The Labute approximate surface area is 84.9 Å². The minimum absolute atomic E-state index is 0.176. The number of hydrogen-bond donors (Lipinski definition) is 2. The first kappa shape index (κ1) is 9.71. The quantitative estimate of drug-likeness (QED) is 0.635. The molecule has 1 saturated heterocycles. The highest BCUT2D eigenvalue weighted by Crippen LogP contribution is 2.17. The molecule has 1 aliphatic carbocycles. The molecule has 1 aliphatic heterocycles. The van der Waals surface area contributed by atoms with Crippen LogP contribution < -0.4 is 10.6 Å². The Kier molecular flexibility index (Phi) is 2.87. The molecule has 78 valence electrons. The first-order valence-electron chi connectivity index (χ1n) is 5.43. The second-order valence-corrected chi connectivity index (χ2v) is 4.39. The molecular formula is C11H18N2O. The lowest BCUT2D eigenvalue weighted by molar-refractivity contribution is -0.126. The predicted octanol–water partition coefficient (Wildman–Crippen LogP) is 0.677. The van der Waals surface area contributed by atoms with Crippen molar-refractivity contribution >= 4 is 5.91 Å². The minimum Gasteiger partial charge on any atom is -0.352 e. The van der Waals surface area contributed by atoms with E-state index in [0.717, 1.165) is 25.9 Å². The lowest BCUT2D eigenvalue weighted by atomic mass is 9.97. The van der Waals surface area contributed by atoms with Gasteiger partial charge in [0.25, 0.3) is 0 Å². The maximum Gasteiger partial charge on any atom is 0.224 e. The van der Waals surface area contributed by atoms with Gasteiger partial charge in [-0.2, -0.15) is 0 Å². The van der Waals surface area contributed by atoms with E-state index in [-0.39, 0.29) is 11.8 Å². The third kappa shape index (κ3) is 1.98. The van der Waals surface area contributed by atoms with Crippen LogP contribution in [0.2, 0.25) is 0 Å². The van der Waals surface area contributed by atoms with E-state index in [2.05, 4.69) is 29.7 Å². The van der Waals surface area contributed by atoms with Crippen molar-refractivity contribution in [3.05, 3.63) is 12.2 Å². The van der Waals surface area contributed by atoms with Gasteiger partial charge in [0.1, 0.15) is 0 Å². The molecule has 2 rings (SSSR count). The van der Waals surface area contributed by atoms with Crippen LogP contribution in [0.4, 0.5) is 0 Å². The minimum atomic E-state index is 0.176. The SMILES string of the molecule is CC1CNCC1C(=O)NC1CC=CC1. The Morgan fingerprint density at radius 2 is 2.07 bits per heavy atom. The van der Waals surface area contributed by atoms with E-state index < -0.39 is 0 Å². The van der Waals surface area contributed by atoms with Gasteiger partial charge in [-0.25, -0.2) is 0 Å². The lowest BCUT2D eigenvalue weighted by Gasteiger charge is -2.18. The number of carbonyl (C=O) groups excluding carboxylic acids is 1. The van der Waals surface area contributed by atoms with Crippen LogP contribution in [-0.2, 0) is 4.79 Å². The number of hydrogen-bond acceptors (Lipinski definition) is 2. The molecule has 1 fully saturated rings. The van der Waals surface area contributed by atoms with Crippen LogP contribution in [0.15, 0.2) is 12.2 Å². The number of nitrogens with one attached hydrogen (secondary N) is 2. The van der Waals surface area contributed by atoms with Gasteiger partial charge in [0.15, 0.2) is 0 Å². The van der Waals surface area contributed by atoms with Crippen molar-refractivity contribution in [1.29, 1.82) is 0 Å². The molecule has 0 aromatic heterocycles. The molecule has 2 aliphatic rings. The van der Waals surface area contributed by atoms with Gasteiger partial charge in [0, 0.05) is 12.6 Å². The second kappa shape index (κ2) is 4.13. The van der Waals surface area contributed by atoms with E-state index in [1.54, 1.807) is 0 Å². The summed E-state index contributed by atoms with van der Waals surface area (Å²) in [6.07, 6.45) is 6.28. The third-order valence-electron chi connectivity index (χ3n) is 3.21. The highest BCUT2D eigenvalue weighted by Gasteiger charge is 2.30. The summed E-state index contributed by atoms with van der Waals surface area (Å²) < 4.78 is 0. The monoisotopic (exact) mass is 194 g/mol. The van der Waals surface area contributed by atoms with Gasteiger partial charge in [0.05, 0.1) is 5.92 Å². The first-order valence-corrected chi connectivity index (χ1v) is 5.43. The van der Waals surface area contributed by atoms with Crippen molar-refractivity contribution in [3.8, 4) is 0 Å². The van der Waals surface area contributed by atoms with E-state index in [0.29, 0.717) is 12.0 Å². The fourth-order valence-corrected chi connectivity index (χ4v) is 2.20. The molecule has 0 spiro atoms. The van der Waals surface area contributed by atoms with E-state index in [4.69, 9.17) is 0 Å². The summed E-state index contributed by atoms with van der Waals surface area (Å²) in [5, 5.41) is 6.36. The number of rotatable bonds is 2. The van der Waals surface area contributed by atoms with Crippen molar-refractivity contribution in [2.75, 3.05) is 13.1 Å². The van der Waals surface area contributed by atoms with Crippen molar-refractivity contribution in [3.63, 3.8) is 0 Å². The van der Waals surface area contributed by atoms with Crippen molar-refractivity contribution in [1.82, 2.24) is 10.6 Å². The molecule has 0 aromatic carbocycles. The fraction of sp³-hybridized carbons (Fsp3) is 0.727. The highest BCUT2D eigenvalue weighted by molar-refractivity contribution is 5.80. The molecule has 2 atom stereocenters. The summed E-state index contributed by atoms with van der Waals surface area (Å²) in [7, 11) is 0. The zero-order valence-electron chi connectivity index (χ0n) is 8.62. The smallest absolute Gasteiger partial charge is 0.224 e. The molecule has 3 nitrogen and oxygen atoms in total. The van der Waals surface area contributed by atoms with Gasteiger partial charge >= 0.3 is 0 Å². The van der Waals surface area contributed by atoms with Gasteiger partial charge in [0.2, 0.25) is 5.91 Å². The van der Waals surface area contributed by atoms with Crippen molar-refractivity contribution in [2.24, 2.45) is 11.8 Å². The second-order valence-electron chi connectivity index (χ2n) is 4.39. The molecule has 2 N–H and O–H groups in total. The summed E-state index contributed by atoms with van der Waals surface area (Å²) in [6.45, 7) is 3.95. The number of amides is 1. The Hall–Kier alpha value is -0.830. The molecule has 0 saturated carbocycles. The summed E-state index contributed by atoms with van der Waals surface area (Å²) in [5.41, 5.74) is 0. The van der Waals surface area contributed by atoms with Crippen LogP contribution in [-0.4, -0.2) is 25.0 Å². The molecule has 1 heterocycles. The molecule has 3 heteroatoms. The normalized spacial score (nSPS) is 32.4. The Morgan fingerprint density at radius 3 is 2.64 bits per heavy atom. The molecule has 0 radical (unpaired) electrons. The van der Waals surface area contributed by atoms with Gasteiger partial charge in [-0.15, -0.1) is 0 Å². The Bertz CT molecular complexity index is 242. The van der Waals surface area contributed by atoms with E-state index in [9.17, 15) is 4.79 Å². The maximum absolute atomic E-state index is 11.8. The number of carbonyl (C=O) groups is 1. The van der Waals surface area contributed by atoms with Crippen LogP contribution in [0.3, 0.4) is 0 Å². The van der Waals surface area contributed by atoms with E-state index in [1.165, 1.54) is 0 Å². The predicted molar refractivity (Wildman–Crippen MR) is 55.8 cm³/mol. The molecule has 1 amide bonds. The molecule has 14 heavy (non-hydrogen) atoms. The first-order chi connectivity index (χ1) is 6.77. The van der Waals surface area contributed by atoms with Gasteiger partial charge in [-0.05, 0) is 25.3 Å². The summed E-state index contributed by atoms with van der Waals surface area (Å²) in [6, 6.07) is 0.357. The largest absolute Gasteiger partial charge is 0.352 e. The van der Waals surface area contributed by atoms with Crippen LogP contribution in [0.1, 0.15) is 19.8 Å². The average molecular weight is 194 g/mol. The zero-order valence-corrected chi connectivity index (χ0v) is 8.62. The van der Waals surface area contributed by atoms with Crippen molar-refractivity contribution in [2.45, 2.75) is 25.8 Å². The summed E-state index contributed by atoms with van der Waals surface area (Å²) in [4.78, 5) is 11.8. The van der Waals surface area contributed by atoms with Crippen LogP contribution in [0, 0.1) is 11.8 Å². The van der Waals surface area contributed by atoms with E-state index >= 15 is 0 Å². The highest BCUT2D eigenvalue weighted by atomic mass is 16.2. The summed E-state index contributed by atoms with van der Waals surface area (Å²) >= 11 is 0. The average Bonchev–Trinajstić information content (AvgIpc) is 2.75. The van der Waals surface area contributed by atoms with Crippen LogP contribution in [0.25, 0.3) is 0 Å². The topological polar surface area (TPSA) is 41.1 Å². The lowest BCUT2D eigenvalue weighted by Crippen LogP contribution is -2.39. The fourth-order valence-electron chi connectivity index (χ4n) is 2.20. The van der Waals surface area contributed by atoms with Crippen LogP contribution in [0.5, 0.6) is 0 Å². The molecular weight excluding hydrogens is 176 g/mol. The maximum atomic E-state index is 11.8. The van der Waals surface area contributed by atoms with Gasteiger partial charge < -0.3 is 10.6 Å².